The summed E-state index contributed by atoms with van der Waals surface area (Å²) in [4.78, 5) is 6.74. The zero-order chi connectivity index (χ0) is 22.4. The van der Waals surface area contributed by atoms with E-state index < -0.39 is 41.6 Å². The summed E-state index contributed by atoms with van der Waals surface area (Å²) in [6, 6.07) is 8.21. The first kappa shape index (κ1) is 21.8. The van der Waals surface area contributed by atoms with Gasteiger partial charge in [0.15, 0.2) is 9.84 Å². The number of benzene rings is 2. The van der Waals surface area contributed by atoms with E-state index in [-0.39, 0.29) is 12.1 Å². The maximum Gasteiger partial charge on any atom is 0.239 e. The van der Waals surface area contributed by atoms with Gasteiger partial charge in [-0.2, -0.15) is 11.1 Å². The zero-order valence-corrected chi connectivity index (χ0v) is 18.1. The van der Waals surface area contributed by atoms with Crippen LogP contribution in [0.1, 0.15) is 17.6 Å². The van der Waals surface area contributed by atoms with E-state index >= 15 is 0 Å². The van der Waals surface area contributed by atoms with Crippen LogP contribution in [0.2, 0.25) is 0 Å². The number of nitrogens with zero attached hydrogens (tertiary/aromatic N) is 1. The Labute approximate surface area is 178 Å². The van der Waals surface area contributed by atoms with Crippen LogP contribution in [0.3, 0.4) is 0 Å². The molecule has 0 unspecified atom stereocenters. The SMILES string of the molecule is Cc1nc2c(-c3ccc(S(=O)(=O)CCN)c(S(N)(=O)=O)c3C3NNNN3)cccc2[nH]1. The number of aromatic amines is 1. The molecule has 166 valence electrons. The molecule has 31 heavy (non-hydrogen) atoms. The summed E-state index contributed by atoms with van der Waals surface area (Å²) in [5.41, 5.74) is 18.9. The number of hydrogen-bond acceptors (Lipinski definition) is 10. The third-order valence-electron chi connectivity index (χ3n) is 4.87. The van der Waals surface area contributed by atoms with E-state index in [1.54, 1.807) is 25.1 Å². The van der Waals surface area contributed by atoms with E-state index in [1.807, 2.05) is 6.07 Å². The fourth-order valence-corrected chi connectivity index (χ4v) is 6.48. The van der Waals surface area contributed by atoms with Gasteiger partial charge >= 0.3 is 0 Å². The summed E-state index contributed by atoms with van der Waals surface area (Å²) in [6.45, 7) is 1.63. The number of aryl methyl sites for hydroxylation is 1. The molecule has 0 amide bonds. The van der Waals surface area contributed by atoms with Gasteiger partial charge in [-0.3, -0.25) is 0 Å². The lowest BCUT2D eigenvalue weighted by Gasteiger charge is -2.21. The molecular formula is C17H22N8O4S2. The Kier molecular flexibility index (Phi) is 5.57. The van der Waals surface area contributed by atoms with Crippen molar-refractivity contribution in [3.63, 3.8) is 0 Å². The first-order chi connectivity index (χ1) is 14.6. The molecule has 1 aliphatic heterocycles. The van der Waals surface area contributed by atoms with Crippen molar-refractivity contribution in [2.75, 3.05) is 12.3 Å². The number of H-pyrrole nitrogens is 1. The van der Waals surface area contributed by atoms with Gasteiger partial charge in [0.1, 0.15) is 16.9 Å². The first-order valence-electron chi connectivity index (χ1n) is 9.23. The van der Waals surface area contributed by atoms with Crippen molar-refractivity contribution < 1.29 is 16.8 Å². The molecule has 0 aliphatic carbocycles. The Morgan fingerprint density at radius 3 is 2.39 bits per heavy atom. The predicted octanol–water partition coefficient (Wildman–Crippen LogP) is -0.966. The summed E-state index contributed by atoms with van der Waals surface area (Å²) in [5, 5.41) is 5.54. The molecule has 2 heterocycles. The molecule has 14 heteroatoms. The van der Waals surface area contributed by atoms with Gasteiger partial charge in [-0.25, -0.2) is 37.8 Å². The molecule has 0 radical (unpaired) electrons. The number of rotatable bonds is 6. The fraction of sp³-hybridized carbons (Fsp3) is 0.235. The second kappa shape index (κ2) is 7.92. The highest BCUT2D eigenvalue weighted by molar-refractivity contribution is 7.93. The Morgan fingerprint density at radius 2 is 1.74 bits per heavy atom. The number of nitrogens with one attached hydrogen (secondary N) is 5. The molecular weight excluding hydrogens is 444 g/mol. The third-order valence-corrected chi connectivity index (χ3v) is 7.79. The minimum Gasteiger partial charge on any atom is -0.342 e. The fourth-order valence-electron chi connectivity index (χ4n) is 3.67. The van der Waals surface area contributed by atoms with E-state index in [0.29, 0.717) is 22.5 Å². The van der Waals surface area contributed by atoms with Crippen LogP contribution in [0.5, 0.6) is 0 Å². The lowest BCUT2D eigenvalue weighted by atomic mass is 9.96. The summed E-state index contributed by atoms with van der Waals surface area (Å²) in [6.07, 6.45) is -0.827. The summed E-state index contributed by atoms with van der Waals surface area (Å²) < 4.78 is 51.1. The first-order valence-corrected chi connectivity index (χ1v) is 12.4. The van der Waals surface area contributed by atoms with Crippen molar-refractivity contribution >= 4 is 30.9 Å². The van der Waals surface area contributed by atoms with E-state index in [9.17, 15) is 16.8 Å². The molecule has 1 aliphatic rings. The Hall–Kier alpha value is -2.43. The van der Waals surface area contributed by atoms with Crippen molar-refractivity contribution in [1.82, 2.24) is 31.9 Å². The minimum absolute atomic E-state index is 0.131. The number of nitrogens with two attached hydrogens (primary N) is 2. The Morgan fingerprint density at radius 1 is 1.03 bits per heavy atom. The molecule has 1 saturated heterocycles. The number of sulfone groups is 1. The Bertz CT molecular complexity index is 1360. The normalized spacial score (nSPS) is 15.7. The van der Waals surface area contributed by atoms with Crippen LogP contribution < -0.4 is 32.8 Å². The standard InChI is InChI=1S/C17H22N8O4S2/c1-9-20-12-4-2-3-11(15(12)21-9)10-5-6-13(30(26,27)8-7-18)16(31(19,28)29)14(10)17-22-24-25-23-17/h2-6,17,22-25H,7-8,18H2,1H3,(H,20,21)(H2,19,28,29). The van der Waals surface area contributed by atoms with Crippen LogP contribution >= 0.6 is 0 Å². The van der Waals surface area contributed by atoms with Gasteiger partial charge < -0.3 is 10.7 Å². The van der Waals surface area contributed by atoms with Crippen LogP contribution in [0.4, 0.5) is 0 Å². The average molecular weight is 467 g/mol. The van der Waals surface area contributed by atoms with E-state index in [1.165, 1.54) is 6.07 Å². The maximum atomic E-state index is 12.8. The Balaban J connectivity index is 2.12. The molecule has 1 fully saturated rings. The molecule has 0 saturated carbocycles. The van der Waals surface area contributed by atoms with Gasteiger partial charge in [-0.15, -0.1) is 0 Å². The lowest BCUT2D eigenvalue weighted by Crippen LogP contribution is -2.33. The highest BCUT2D eigenvalue weighted by atomic mass is 32.2. The number of primary sulfonamides is 1. The van der Waals surface area contributed by atoms with Crippen molar-refractivity contribution in [2.45, 2.75) is 22.9 Å². The predicted molar refractivity (Wildman–Crippen MR) is 114 cm³/mol. The number of para-hydroxylation sites is 1. The number of fused-ring (bicyclic) bond motifs is 1. The van der Waals surface area contributed by atoms with Crippen LogP contribution in [0.25, 0.3) is 22.2 Å². The van der Waals surface area contributed by atoms with Crippen molar-refractivity contribution in [3.8, 4) is 11.1 Å². The summed E-state index contributed by atoms with van der Waals surface area (Å²) >= 11 is 0. The van der Waals surface area contributed by atoms with Crippen molar-refractivity contribution in [2.24, 2.45) is 10.9 Å². The largest absolute Gasteiger partial charge is 0.342 e. The molecule has 3 aromatic rings. The van der Waals surface area contributed by atoms with Gasteiger partial charge in [0, 0.05) is 17.7 Å². The van der Waals surface area contributed by atoms with Crippen LogP contribution in [0.15, 0.2) is 40.1 Å². The molecule has 0 bridgehead atoms. The molecule has 9 N–H and O–H groups in total. The molecule has 0 atom stereocenters. The van der Waals surface area contributed by atoms with Crippen molar-refractivity contribution in [1.29, 1.82) is 0 Å². The smallest absolute Gasteiger partial charge is 0.239 e. The van der Waals surface area contributed by atoms with Gasteiger partial charge in [0.25, 0.3) is 0 Å². The molecule has 2 aromatic carbocycles. The van der Waals surface area contributed by atoms with E-state index in [4.69, 9.17) is 10.9 Å². The van der Waals surface area contributed by atoms with E-state index in [2.05, 4.69) is 31.9 Å². The zero-order valence-electron chi connectivity index (χ0n) is 16.4. The quantitative estimate of drug-likeness (QED) is 0.237. The maximum absolute atomic E-state index is 12.8. The molecule has 4 rings (SSSR count). The molecule has 12 nitrogen and oxygen atoms in total. The number of imidazole rings is 1. The minimum atomic E-state index is -4.47. The van der Waals surface area contributed by atoms with Gasteiger partial charge in [0.05, 0.1) is 21.7 Å². The highest BCUT2D eigenvalue weighted by Crippen LogP contribution is 2.39. The molecule has 1 aromatic heterocycles. The third kappa shape index (κ3) is 3.95. The monoisotopic (exact) mass is 466 g/mol. The van der Waals surface area contributed by atoms with Crippen LogP contribution in [-0.2, 0) is 19.9 Å². The van der Waals surface area contributed by atoms with E-state index in [0.717, 1.165) is 5.52 Å². The number of aromatic nitrogens is 2. The molecule has 0 spiro atoms. The topological polar surface area (TPSA) is 197 Å². The second-order valence-corrected chi connectivity index (χ2v) is 10.6. The van der Waals surface area contributed by atoms with Crippen LogP contribution in [0, 0.1) is 6.92 Å². The summed E-state index contributed by atoms with van der Waals surface area (Å²) in [5.74, 6) is 0.253. The summed E-state index contributed by atoms with van der Waals surface area (Å²) in [7, 11) is -8.48. The van der Waals surface area contributed by atoms with Gasteiger partial charge in [-0.1, -0.05) is 18.2 Å². The van der Waals surface area contributed by atoms with Gasteiger partial charge in [0.2, 0.25) is 10.0 Å². The number of sulfonamides is 1. The number of hydrazine groups is 3. The van der Waals surface area contributed by atoms with Crippen LogP contribution in [-0.4, -0.2) is 39.1 Å². The van der Waals surface area contributed by atoms with Gasteiger partial charge in [-0.05, 0) is 24.6 Å². The average Bonchev–Trinajstić information content (AvgIpc) is 3.34. The highest BCUT2D eigenvalue weighted by Gasteiger charge is 2.34. The lowest BCUT2D eigenvalue weighted by molar-refractivity contribution is 0.534. The number of hydrogen-bond donors (Lipinski definition) is 7. The van der Waals surface area contributed by atoms with Crippen molar-refractivity contribution in [3.05, 3.63) is 41.7 Å². The second-order valence-electron chi connectivity index (χ2n) is 7.00.